The third kappa shape index (κ3) is 3.83. The van der Waals surface area contributed by atoms with E-state index in [2.05, 4.69) is 26.9 Å². The van der Waals surface area contributed by atoms with Crippen LogP contribution >= 0.6 is 0 Å². The second kappa shape index (κ2) is 6.74. The Balaban J connectivity index is 1.59. The average Bonchev–Trinajstić information content (AvgIpc) is 3.02. The summed E-state index contributed by atoms with van der Waals surface area (Å²) >= 11 is 0. The van der Waals surface area contributed by atoms with E-state index in [1.54, 1.807) is 6.20 Å². The van der Waals surface area contributed by atoms with Gasteiger partial charge in [-0.15, -0.1) is 0 Å². The fraction of sp³-hybridized carbons (Fsp3) is 0.438. The summed E-state index contributed by atoms with van der Waals surface area (Å²) in [6.07, 6.45) is 8.23. The molecule has 0 radical (unpaired) electrons. The highest BCUT2D eigenvalue weighted by Crippen LogP contribution is 2.14. The number of aromatic nitrogens is 3. The maximum Gasteiger partial charge on any atom is 0.178 e. The summed E-state index contributed by atoms with van der Waals surface area (Å²) in [5.74, 6) is 0.668. The Morgan fingerprint density at radius 3 is 2.76 bits per heavy atom. The summed E-state index contributed by atoms with van der Waals surface area (Å²) in [7, 11) is 2.11. The van der Waals surface area contributed by atoms with Gasteiger partial charge in [0.25, 0.3) is 0 Å². The molecule has 1 aliphatic rings. The van der Waals surface area contributed by atoms with Crippen LogP contribution in [0, 0.1) is 0 Å². The second-order valence-corrected chi connectivity index (χ2v) is 5.46. The minimum Gasteiger partial charge on any atom is -0.377 e. The van der Waals surface area contributed by atoms with Crippen molar-refractivity contribution >= 4 is 0 Å². The van der Waals surface area contributed by atoms with E-state index in [1.165, 1.54) is 12.8 Å². The predicted octanol–water partition coefficient (Wildman–Crippen LogP) is 2.15. The molecule has 5 heteroatoms. The standard InChI is InChI=1S/C16H20N4O/c1-20(12-14-5-4-8-21-14)11-13-9-18-16(19-10-13)15-6-2-3-7-17-15/h2-3,6-7,9-10,14H,4-5,8,11-12H2,1H3/t14-/m1/s1. The minimum atomic E-state index is 0.378. The van der Waals surface area contributed by atoms with Crippen molar-refractivity contribution in [3.8, 4) is 11.5 Å². The first kappa shape index (κ1) is 14.1. The van der Waals surface area contributed by atoms with Crippen LogP contribution in [0.15, 0.2) is 36.8 Å². The van der Waals surface area contributed by atoms with Gasteiger partial charge in [0.05, 0.1) is 6.10 Å². The summed E-state index contributed by atoms with van der Waals surface area (Å²) in [5.41, 5.74) is 1.91. The van der Waals surface area contributed by atoms with Gasteiger partial charge in [-0.1, -0.05) is 6.07 Å². The monoisotopic (exact) mass is 284 g/mol. The Morgan fingerprint density at radius 2 is 2.10 bits per heavy atom. The Morgan fingerprint density at radius 1 is 1.24 bits per heavy atom. The molecular weight excluding hydrogens is 264 g/mol. The number of likely N-dealkylation sites (N-methyl/N-ethyl adjacent to an activating group) is 1. The van der Waals surface area contributed by atoms with Gasteiger partial charge in [0.15, 0.2) is 5.82 Å². The van der Waals surface area contributed by atoms with Gasteiger partial charge < -0.3 is 4.74 Å². The van der Waals surface area contributed by atoms with Crippen molar-refractivity contribution in [3.63, 3.8) is 0 Å². The fourth-order valence-electron chi connectivity index (χ4n) is 2.58. The Hall–Kier alpha value is -1.85. The highest BCUT2D eigenvalue weighted by atomic mass is 16.5. The largest absolute Gasteiger partial charge is 0.377 e. The van der Waals surface area contributed by atoms with E-state index in [-0.39, 0.29) is 0 Å². The molecule has 0 amide bonds. The van der Waals surface area contributed by atoms with Gasteiger partial charge in [0.2, 0.25) is 0 Å². The maximum atomic E-state index is 5.66. The second-order valence-electron chi connectivity index (χ2n) is 5.46. The lowest BCUT2D eigenvalue weighted by molar-refractivity contribution is 0.0792. The normalized spacial score (nSPS) is 18.3. The quantitative estimate of drug-likeness (QED) is 0.842. The molecule has 1 saturated heterocycles. The van der Waals surface area contributed by atoms with E-state index in [4.69, 9.17) is 4.74 Å². The molecule has 110 valence electrons. The lowest BCUT2D eigenvalue weighted by Gasteiger charge is -2.20. The smallest absolute Gasteiger partial charge is 0.178 e. The SMILES string of the molecule is CN(Cc1cnc(-c2ccccn2)nc1)C[C@H]1CCCO1. The molecule has 5 nitrogen and oxygen atoms in total. The molecule has 1 aliphatic heterocycles. The zero-order valence-electron chi connectivity index (χ0n) is 12.3. The average molecular weight is 284 g/mol. The van der Waals surface area contributed by atoms with Crippen LogP contribution in [0.5, 0.6) is 0 Å². The summed E-state index contributed by atoms with van der Waals surface area (Å²) in [6, 6.07) is 5.74. The van der Waals surface area contributed by atoms with Crippen molar-refractivity contribution < 1.29 is 4.74 Å². The molecule has 0 unspecified atom stereocenters. The molecule has 1 atom stereocenters. The zero-order chi connectivity index (χ0) is 14.5. The Labute approximate surface area is 125 Å². The van der Waals surface area contributed by atoms with Crippen molar-refractivity contribution in [2.45, 2.75) is 25.5 Å². The third-order valence-corrected chi connectivity index (χ3v) is 3.59. The Bertz CT molecular complexity index is 552. The van der Waals surface area contributed by atoms with Crippen LogP contribution in [0.3, 0.4) is 0 Å². The van der Waals surface area contributed by atoms with Crippen LogP contribution in [0.2, 0.25) is 0 Å². The molecule has 3 heterocycles. The first-order valence-corrected chi connectivity index (χ1v) is 7.34. The highest BCUT2D eigenvalue weighted by Gasteiger charge is 2.17. The van der Waals surface area contributed by atoms with Gasteiger partial charge >= 0.3 is 0 Å². The molecule has 0 spiro atoms. The van der Waals surface area contributed by atoms with Crippen molar-refractivity contribution in [2.24, 2.45) is 0 Å². The lowest BCUT2D eigenvalue weighted by Crippen LogP contribution is -2.28. The maximum absolute atomic E-state index is 5.66. The fourth-order valence-corrected chi connectivity index (χ4v) is 2.58. The highest BCUT2D eigenvalue weighted by molar-refractivity contribution is 5.47. The van der Waals surface area contributed by atoms with Crippen LogP contribution in [-0.4, -0.2) is 46.2 Å². The number of pyridine rings is 1. The summed E-state index contributed by atoms with van der Waals surface area (Å²) in [6.45, 7) is 2.70. The number of hydrogen-bond acceptors (Lipinski definition) is 5. The van der Waals surface area contributed by atoms with Crippen LogP contribution in [0.1, 0.15) is 18.4 Å². The van der Waals surface area contributed by atoms with Gasteiger partial charge in [-0.05, 0) is 32.0 Å². The van der Waals surface area contributed by atoms with E-state index in [1.807, 2.05) is 30.6 Å². The molecule has 0 aromatic carbocycles. The Kier molecular flexibility index (Phi) is 4.52. The molecule has 0 saturated carbocycles. The molecule has 2 aromatic heterocycles. The number of rotatable bonds is 5. The van der Waals surface area contributed by atoms with Crippen LogP contribution in [0.25, 0.3) is 11.5 Å². The van der Waals surface area contributed by atoms with E-state index in [9.17, 15) is 0 Å². The van der Waals surface area contributed by atoms with Gasteiger partial charge in [0.1, 0.15) is 5.69 Å². The summed E-state index contributed by atoms with van der Waals surface area (Å²) < 4.78 is 5.66. The van der Waals surface area contributed by atoms with Crippen LogP contribution in [-0.2, 0) is 11.3 Å². The van der Waals surface area contributed by atoms with Crippen molar-refractivity contribution in [3.05, 3.63) is 42.4 Å². The topological polar surface area (TPSA) is 51.1 Å². The molecule has 3 rings (SSSR count). The van der Waals surface area contributed by atoms with Gasteiger partial charge in [-0.25, -0.2) is 9.97 Å². The molecule has 1 fully saturated rings. The van der Waals surface area contributed by atoms with E-state index in [0.717, 1.165) is 31.0 Å². The number of hydrogen-bond donors (Lipinski definition) is 0. The zero-order valence-corrected chi connectivity index (χ0v) is 12.3. The van der Waals surface area contributed by atoms with E-state index < -0.39 is 0 Å². The first-order valence-electron chi connectivity index (χ1n) is 7.34. The van der Waals surface area contributed by atoms with Crippen LogP contribution in [0.4, 0.5) is 0 Å². The molecule has 0 N–H and O–H groups in total. The molecule has 0 aliphatic carbocycles. The van der Waals surface area contributed by atoms with Crippen molar-refractivity contribution in [2.75, 3.05) is 20.2 Å². The van der Waals surface area contributed by atoms with Gasteiger partial charge in [-0.3, -0.25) is 9.88 Å². The van der Waals surface area contributed by atoms with E-state index >= 15 is 0 Å². The van der Waals surface area contributed by atoms with Crippen molar-refractivity contribution in [1.82, 2.24) is 19.9 Å². The number of nitrogens with zero attached hydrogens (tertiary/aromatic N) is 4. The first-order chi connectivity index (χ1) is 10.3. The van der Waals surface area contributed by atoms with Gasteiger partial charge in [-0.2, -0.15) is 0 Å². The molecule has 2 aromatic rings. The molecule has 21 heavy (non-hydrogen) atoms. The van der Waals surface area contributed by atoms with E-state index in [0.29, 0.717) is 11.9 Å². The predicted molar refractivity (Wildman–Crippen MR) is 80.6 cm³/mol. The number of ether oxygens (including phenoxy) is 1. The molecular formula is C16H20N4O. The lowest BCUT2D eigenvalue weighted by atomic mass is 10.2. The van der Waals surface area contributed by atoms with Crippen LogP contribution < -0.4 is 0 Å². The third-order valence-electron chi connectivity index (χ3n) is 3.59. The minimum absolute atomic E-state index is 0.378. The summed E-state index contributed by atoms with van der Waals surface area (Å²) in [5, 5.41) is 0. The summed E-state index contributed by atoms with van der Waals surface area (Å²) in [4.78, 5) is 15.3. The van der Waals surface area contributed by atoms with Crippen molar-refractivity contribution in [1.29, 1.82) is 0 Å². The molecule has 0 bridgehead atoms. The van der Waals surface area contributed by atoms with Gasteiger partial charge in [0, 0.05) is 43.9 Å².